The third-order valence-electron chi connectivity index (χ3n) is 3.30. The van der Waals surface area contributed by atoms with Crippen molar-refractivity contribution in [2.24, 2.45) is 5.41 Å². The van der Waals surface area contributed by atoms with Crippen molar-refractivity contribution in [3.63, 3.8) is 0 Å². The van der Waals surface area contributed by atoms with Crippen molar-refractivity contribution in [1.82, 2.24) is 5.32 Å². The van der Waals surface area contributed by atoms with Gasteiger partial charge in [0.2, 0.25) is 0 Å². The lowest BCUT2D eigenvalue weighted by Gasteiger charge is -2.34. The van der Waals surface area contributed by atoms with E-state index in [2.05, 4.69) is 19.2 Å². The number of hydrogen-bond acceptors (Lipinski definition) is 3. The largest absolute Gasteiger partial charge is 0.466 e. The van der Waals surface area contributed by atoms with E-state index in [0.29, 0.717) is 6.61 Å². The molecule has 1 atom stereocenters. The molecule has 4 nitrogen and oxygen atoms in total. The Bertz CT molecular complexity index is 448. The number of amides is 1. The number of nitrogens with one attached hydrogen (secondary N) is 1. The quantitative estimate of drug-likeness (QED) is 0.877. The molecule has 0 saturated heterocycles. The first-order valence-corrected chi connectivity index (χ1v) is 6.44. The molecule has 1 aromatic rings. The maximum Gasteiger partial charge on any atom is 0.407 e. The molecule has 0 fully saturated rings. The summed E-state index contributed by atoms with van der Waals surface area (Å²) in [7, 11) is 0. The molecule has 1 amide bonds. The summed E-state index contributed by atoms with van der Waals surface area (Å²) in [4.78, 5) is 11.6. The topological polar surface area (TPSA) is 51.5 Å². The Morgan fingerprint density at radius 2 is 2.33 bits per heavy atom. The standard InChI is InChI=1S/C14H21NO3/c1-5-17-13(16)15-11-7-14(3,4)8-12-10(11)6-9(2)18-12/h6,11H,5,7-8H2,1-4H3,(H,15,16). The van der Waals surface area contributed by atoms with E-state index in [-0.39, 0.29) is 17.6 Å². The SMILES string of the molecule is CCOC(=O)NC1CC(C)(C)Cc2oc(C)cc21. The molecule has 18 heavy (non-hydrogen) atoms. The van der Waals surface area contributed by atoms with Crippen LogP contribution in [-0.2, 0) is 11.2 Å². The van der Waals surface area contributed by atoms with E-state index in [1.807, 2.05) is 13.0 Å². The summed E-state index contributed by atoms with van der Waals surface area (Å²) in [6.07, 6.45) is 1.46. The molecule has 1 aliphatic rings. The number of fused-ring (bicyclic) bond motifs is 1. The minimum absolute atomic E-state index is 0.0137. The lowest BCUT2D eigenvalue weighted by atomic mass is 9.75. The molecule has 2 rings (SSSR count). The van der Waals surface area contributed by atoms with Gasteiger partial charge in [-0.3, -0.25) is 0 Å². The third kappa shape index (κ3) is 2.68. The number of ether oxygens (including phenoxy) is 1. The highest BCUT2D eigenvalue weighted by Crippen LogP contribution is 2.41. The zero-order valence-electron chi connectivity index (χ0n) is 11.5. The molecular weight excluding hydrogens is 230 g/mol. The predicted octanol–water partition coefficient (Wildman–Crippen LogP) is 3.35. The molecule has 0 aliphatic heterocycles. The molecule has 0 radical (unpaired) electrons. The third-order valence-corrected chi connectivity index (χ3v) is 3.30. The highest BCUT2D eigenvalue weighted by atomic mass is 16.5. The summed E-state index contributed by atoms with van der Waals surface area (Å²) in [6, 6.07) is 2.00. The maximum atomic E-state index is 11.6. The number of hydrogen-bond donors (Lipinski definition) is 1. The Labute approximate surface area is 108 Å². The smallest absolute Gasteiger partial charge is 0.407 e. The van der Waals surface area contributed by atoms with Crippen molar-refractivity contribution in [3.8, 4) is 0 Å². The van der Waals surface area contributed by atoms with Crippen LogP contribution in [0.1, 0.15) is 50.3 Å². The van der Waals surface area contributed by atoms with Crippen LogP contribution in [-0.4, -0.2) is 12.7 Å². The van der Waals surface area contributed by atoms with E-state index in [1.54, 1.807) is 6.92 Å². The molecule has 1 N–H and O–H groups in total. The lowest BCUT2D eigenvalue weighted by Crippen LogP contribution is -2.36. The fourth-order valence-corrected chi connectivity index (χ4v) is 2.63. The van der Waals surface area contributed by atoms with Gasteiger partial charge < -0.3 is 14.5 Å². The van der Waals surface area contributed by atoms with Gasteiger partial charge in [0.15, 0.2) is 0 Å². The Kier molecular flexibility index (Phi) is 3.37. The molecule has 0 aromatic carbocycles. The molecule has 1 aromatic heterocycles. The van der Waals surface area contributed by atoms with Gasteiger partial charge in [-0.25, -0.2) is 4.79 Å². The summed E-state index contributed by atoms with van der Waals surface area (Å²) in [6.45, 7) is 8.50. The van der Waals surface area contributed by atoms with Crippen LogP contribution in [0.5, 0.6) is 0 Å². The number of furan rings is 1. The van der Waals surface area contributed by atoms with Crippen LogP contribution in [0.15, 0.2) is 10.5 Å². The second-order valence-electron chi connectivity index (χ2n) is 5.70. The molecule has 0 bridgehead atoms. The van der Waals surface area contributed by atoms with Crippen molar-refractivity contribution in [2.75, 3.05) is 6.61 Å². The van der Waals surface area contributed by atoms with Gasteiger partial charge in [0.1, 0.15) is 11.5 Å². The highest BCUT2D eigenvalue weighted by molar-refractivity contribution is 5.68. The molecule has 0 spiro atoms. The number of rotatable bonds is 2. The van der Waals surface area contributed by atoms with Crippen molar-refractivity contribution >= 4 is 6.09 Å². The van der Waals surface area contributed by atoms with Gasteiger partial charge in [-0.2, -0.15) is 0 Å². The van der Waals surface area contributed by atoms with Crippen LogP contribution >= 0.6 is 0 Å². The van der Waals surface area contributed by atoms with Crippen LogP contribution in [0.2, 0.25) is 0 Å². The van der Waals surface area contributed by atoms with Crippen LogP contribution in [0.3, 0.4) is 0 Å². The van der Waals surface area contributed by atoms with E-state index in [1.165, 1.54) is 0 Å². The van der Waals surface area contributed by atoms with E-state index in [0.717, 1.165) is 29.9 Å². The van der Waals surface area contributed by atoms with Gasteiger partial charge in [0, 0.05) is 12.0 Å². The van der Waals surface area contributed by atoms with Crippen molar-refractivity contribution < 1.29 is 13.9 Å². The number of aryl methyl sites for hydroxylation is 1. The van der Waals surface area contributed by atoms with Gasteiger partial charge in [-0.05, 0) is 31.7 Å². The monoisotopic (exact) mass is 251 g/mol. The predicted molar refractivity (Wildman–Crippen MR) is 68.4 cm³/mol. The minimum atomic E-state index is -0.356. The van der Waals surface area contributed by atoms with Gasteiger partial charge >= 0.3 is 6.09 Å². The van der Waals surface area contributed by atoms with Crippen molar-refractivity contribution in [2.45, 2.75) is 46.6 Å². The van der Waals surface area contributed by atoms with Crippen LogP contribution in [0, 0.1) is 12.3 Å². The average molecular weight is 251 g/mol. The summed E-state index contributed by atoms with van der Waals surface area (Å²) < 4.78 is 10.7. The van der Waals surface area contributed by atoms with Crippen molar-refractivity contribution in [3.05, 3.63) is 23.2 Å². The normalized spacial score (nSPS) is 21.2. The second kappa shape index (κ2) is 4.67. The summed E-state index contributed by atoms with van der Waals surface area (Å²) in [5.74, 6) is 1.89. The number of carbonyl (C=O) groups excluding carboxylic acids is 1. The summed E-state index contributed by atoms with van der Waals surface area (Å²) >= 11 is 0. The zero-order chi connectivity index (χ0) is 13.3. The molecule has 0 saturated carbocycles. The fourth-order valence-electron chi connectivity index (χ4n) is 2.63. The van der Waals surface area contributed by atoms with E-state index >= 15 is 0 Å². The van der Waals surface area contributed by atoms with Crippen molar-refractivity contribution in [1.29, 1.82) is 0 Å². The first-order valence-electron chi connectivity index (χ1n) is 6.44. The minimum Gasteiger partial charge on any atom is -0.466 e. The van der Waals surface area contributed by atoms with Crippen LogP contribution in [0.25, 0.3) is 0 Å². The Hall–Kier alpha value is -1.45. The Morgan fingerprint density at radius 3 is 3.00 bits per heavy atom. The van der Waals surface area contributed by atoms with Gasteiger partial charge in [-0.15, -0.1) is 0 Å². The lowest BCUT2D eigenvalue weighted by molar-refractivity contribution is 0.140. The van der Waals surface area contributed by atoms with E-state index < -0.39 is 0 Å². The van der Waals surface area contributed by atoms with Crippen LogP contribution < -0.4 is 5.32 Å². The van der Waals surface area contributed by atoms with E-state index in [4.69, 9.17) is 9.15 Å². The number of carbonyl (C=O) groups is 1. The van der Waals surface area contributed by atoms with E-state index in [9.17, 15) is 4.79 Å². The van der Waals surface area contributed by atoms with Gasteiger partial charge in [0.05, 0.1) is 12.6 Å². The highest BCUT2D eigenvalue weighted by Gasteiger charge is 2.35. The molecule has 1 unspecified atom stereocenters. The van der Waals surface area contributed by atoms with Gasteiger partial charge in [-0.1, -0.05) is 13.8 Å². The zero-order valence-corrected chi connectivity index (χ0v) is 11.5. The molecule has 1 aliphatic carbocycles. The number of alkyl carbamates (subject to hydrolysis) is 1. The Balaban J connectivity index is 2.21. The fraction of sp³-hybridized carbons (Fsp3) is 0.643. The summed E-state index contributed by atoms with van der Waals surface area (Å²) in [5.41, 5.74) is 1.22. The maximum absolute atomic E-state index is 11.6. The van der Waals surface area contributed by atoms with Crippen LogP contribution in [0.4, 0.5) is 4.79 Å². The molecular formula is C14H21NO3. The first kappa shape index (κ1) is 13.0. The average Bonchev–Trinajstić information content (AvgIpc) is 2.57. The molecule has 100 valence electrons. The molecule has 4 heteroatoms. The molecule has 1 heterocycles. The first-order chi connectivity index (χ1) is 8.41. The second-order valence-corrected chi connectivity index (χ2v) is 5.70. The van der Waals surface area contributed by atoms with Gasteiger partial charge in [0.25, 0.3) is 0 Å². The Morgan fingerprint density at radius 1 is 1.61 bits per heavy atom. The summed E-state index contributed by atoms with van der Waals surface area (Å²) in [5, 5.41) is 2.92.